The van der Waals surface area contributed by atoms with Crippen molar-refractivity contribution in [3.63, 3.8) is 0 Å². The number of carbonyl (C=O) groups is 2. The van der Waals surface area contributed by atoms with Crippen molar-refractivity contribution in [2.24, 2.45) is 5.92 Å². The van der Waals surface area contributed by atoms with E-state index < -0.39 is 0 Å². The van der Waals surface area contributed by atoms with Gasteiger partial charge in [0.25, 0.3) is 0 Å². The highest BCUT2D eigenvalue weighted by atomic mass is 35.5. The highest BCUT2D eigenvalue weighted by molar-refractivity contribution is 7.10. The molecule has 1 aromatic carbocycles. The van der Waals surface area contributed by atoms with Gasteiger partial charge >= 0.3 is 0 Å². The second-order valence-corrected chi connectivity index (χ2v) is 9.84. The maximum absolute atomic E-state index is 13.4. The highest BCUT2D eigenvalue weighted by Gasteiger charge is 2.34. The number of fused-ring (bicyclic) bond motifs is 1. The molecule has 0 spiro atoms. The van der Waals surface area contributed by atoms with Crippen LogP contribution in [-0.2, 0) is 16.0 Å². The van der Waals surface area contributed by atoms with Gasteiger partial charge in [0, 0.05) is 28.9 Å². The van der Waals surface area contributed by atoms with Crippen molar-refractivity contribution in [1.82, 2.24) is 9.80 Å². The molecular formula is C25H29ClN2O3S. The standard InChI is InChI=1S/C25H29ClN2O3S/c1-2-13-27(25(30)18-5-3-4-6-18)16-24(29)28-14-11-23-21(12-15-32-23)22(28)17-31-20-9-7-19(26)8-10-20/h2,7-10,12,15,18,22H,1,3-6,11,13-14,16-17H2/t22-/m1/s1. The van der Waals surface area contributed by atoms with E-state index >= 15 is 0 Å². The monoisotopic (exact) mass is 472 g/mol. The van der Waals surface area contributed by atoms with E-state index in [1.165, 1.54) is 4.88 Å². The molecule has 0 radical (unpaired) electrons. The molecule has 7 heteroatoms. The average molecular weight is 473 g/mol. The summed E-state index contributed by atoms with van der Waals surface area (Å²) >= 11 is 7.70. The predicted molar refractivity (Wildman–Crippen MR) is 128 cm³/mol. The van der Waals surface area contributed by atoms with Crippen LogP contribution in [0.25, 0.3) is 0 Å². The van der Waals surface area contributed by atoms with E-state index in [1.54, 1.807) is 34.4 Å². The molecule has 1 atom stereocenters. The van der Waals surface area contributed by atoms with E-state index in [-0.39, 0.29) is 30.3 Å². The van der Waals surface area contributed by atoms with Gasteiger partial charge in [0.1, 0.15) is 18.9 Å². The van der Waals surface area contributed by atoms with E-state index in [2.05, 4.69) is 18.0 Å². The topological polar surface area (TPSA) is 49.9 Å². The summed E-state index contributed by atoms with van der Waals surface area (Å²) in [6, 6.07) is 9.15. The molecule has 0 bridgehead atoms. The summed E-state index contributed by atoms with van der Waals surface area (Å²) in [6.45, 7) is 5.25. The largest absolute Gasteiger partial charge is 0.491 e. The van der Waals surface area contributed by atoms with Crippen LogP contribution in [0.5, 0.6) is 5.75 Å². The van der Waals surface area contributed by atoms with E-state index in [1.807, 2.05) is 17.0 Å². The third kappa shape index (κ3) is 5.18. The molecule has 1 aliphatic carbocycles. The van der Waals surface area contributed by atoms with Crippen molar-refractivity contribution in [2.75, 3.05) is 26.2 Å². The fourth-order valence-electron chi connectivity index (χ4n) is 4.65. The van der Waals surface area contributed by atoms with Crippen molar-refractivity contribution >= 4 is 34.8 Å². The quantitative estimate of drug-likeness (QED) is 0.501. The lowest BCUT2D eigenvalue weighted by atomic mass is 10.00. The van der Waals surface area contributed by atoms with Gasteiger partial charge in [0.05, 0.1) is 6.04 Å². The minimum Gasteiger partial charge on any atom is -0.491 e. The molecule has 0 unspecified atom stereocenters. The van der Waals surface area contributed by atoms with Crippen LogP contribution >= 0.6 is 22.9 Å². The van der Waals surface area contributed by atoms with E-state index in [4.69, 9.17) is 16.3 Å². The summed E-state index contributed by atoms with van der Waals surface area (Å²) < 4.78 is 6.04. The summed E-state index contributed by atoms with van der Waals surface area (Å²) in [5, 5.41) is 2.72. The zero-order valence-electron chi connectivity index (χ0n) is 18.2. The summed E-state index contributed by atoms with van der Waals surface area (Å²) in [5.74, 6) is 0.795. The number of ether oxygens (including phenoxy) is 1. The lowest BCUT2D eigenvalue weighted by molar-refractivity contribution is -0.144. The van der Waals surface area contributed by atoms with E-state index in [0.29, 0.717) is 30.5 Å². The molecule has 2 aromatic rings. The number of carbonyl (C=O) groups excluding carboxylic acids is 2. The van der Waals surface area contributed by atoms with Gasteiger partial charge in [-0.25, -0.2) is 0 Å². The zero-order chi connectivity index (χ0) is 22.5. The summed E-state index contributed by atoms with van der Waals surface area (Å²) in [4.78, 5) is 31.3. The number of hydrogen-bond acceptors (Lipinski definition) is 4. The SMILES string of the molecule is C=CCN(CC(=O)N1CCc2sccc2[C@H]1COc1ccc(Cl)cc1)C(=O)C1CCCC1. The lowest BCUT2D eigenvalue weighted by Gasteiger charge is -2.37. The Balaban J connectivity index is 1.48. The average Bonchev–Trinajstić information content (AvgIpc) is 3.50. The van der Waals surface area contributed by atoms with E-state index in [9.17, 15) is 9.59 Å². The van der Waals surface area contributed by atoms with Crippen LogP contribution in [-0.4, -0.2) is 47.9 Å². The molecule has 1 fully saturated rings. The van der Waals surface area contributed by atoms with Crippen molar-refractivity contribution in [3.05, 3.63) is 63.8 Å². The molecule has 2 aliphatic rings. The molecule has 4 rings (SSSR count). The van der Waals surface area contributed by atoms with E-state index in [0.717, 1.165) is 37.7 Å². The zero-order valence-corrected chi connectivity index (χ0v) is 19.7. The summed E-state index contributed by atoms with van der Waals surface area (Å²) in [6.07, 6.45) is 6.54. The fraction of sp³-hybridized carbons (Fsp3) is 0.440. The maximum Gasteiger partial charge on any atom is 0.242 e. The van der Waals surface area contributed by atoms with Crippen LogP contribution in [0, 0.1) is 5.92 Å². The molecule has 170 valence electrons. The summed E-state index contributed by atoms with van der Waals surface area (Å²) in [5.41, 5.74) is 1.14. The van der Waals surface area contributed by atoms with Gasteiger partial charge in [-0.15, -0.1) is 17.9 Å². The van der Waals surface area contributed by atoms with Crippen LogP contribution in [0.1, 0.15) is 42.2 Å². The van der Waals surface area contributed by atoms with Crippen molar-refractivity contribution in [2.45, 2.75) is 38.1 Å². The van der Waals surface area contributed by atoms with Gasteiger partial charge in [-0.3, -0.25) is 9.59 Å². The minimum atomic E-state index is -0.180. The second-order valence-electron chi connectivity index (χ2n) is 8.41. The molecular weight excluding hydrogens is 444 g/mol. The molecule has 5 nitrogen and oxygen atoms in total. The highest BCUT2D eigenvalue weighted by Crippen LogP contribution is 2.34. The molecule has 1 aliphatic heterocycles. The normalized spacial score (nSPS) is 18.3. The third-order valence-corrected chi connectivity index (χ3v) is 7.58. The Labute approximate surface area is 198 Å². The van der Waals surface area contributed by atoms with Crippen LogP contribution < -0.4 is 4.74 Å². The number of amides is 2. The van der Waals surface area contributed by atoms with Gasteiger partial charge in [0.2, 0.25) is 11.8 Å². The van der Waals surface area contributed by atoms with Crippen LogP contribution in [0.3, 0.4) is 0 Å². The Bertz CT molecular complexity index is 952. The number of rotatable bonds is 8. The number of thiophene rings is 1. The molecule has 0 saturated heterocycles. The Kier molecular flexibility index (Phi) is 7.53. The molecule has 1 saturated carbocycles. The minimum absolute atomic E-state index is 0.0385. The lowest BCUT2D eigenvalue weighted by Crippen LogP contribution is -2.48. The number of hydrogen-bond donors (Lipinski definition) is 0. The Hall–Kier alpha value is -2.31. The van der Waals surface area contributed by atoms with Gasteiger partial charge in [-0.2, -0.15) is 0 Å². The molecule has 0 N–H and O–H groups in total. The van der Waals surface area contributed by atoms with Crippen LogP contribution in [0.4, 0.5) is 0 Å². The number of nitrogens with zero attached hydrogens (tertiary/aromatic N) is 2. The number of halogens is 1. The van der Waals surface area contributed by atoms with Crippen molar-refractivity contribution in [3.8, 4) is 5.75 Å². The van der Waals surface area contributed by atoms with Gasteiger partial charge < -0.3 is 14.5 Å². The smallest absolute Gasteiger partial charge is 0.242 e. The first-order chi connectivity index (χ1) is 15.6. The van der Waals surface area contributed by atoms with Gasteiger partial charge in [-0.1, -0.05) is 30.5 Å². The van der Waals surface area contributed by atoms with Crippen LogP contribution in [0.15, 0.2) is 48.4 Å². The van der Waals surface area contributed by atoms with Gasteiger partial charge in [-0.05, 0) is 60.5 Å². The van der Waals surface area contributed by atoms with Crippen LogP contribution in [0.2, 0.25) is 5.02 Å². The van der Waals surface area contributed by atoms with Crippen molar-refractivity contribution < 1.29 is 14.3 Å². The Morgan fingerprint density at radius 3 is 2.69 bits per heavy atom. The third-order valence-electron chi connectivity index (χ3n) is 6.33. The predicted octanol–water partition coefficient (Wildman–Crippen LogP) is 5.11. The van der Waals surface area contributed by atoms with Crippen molar-refractivity contribution in [1.29, 1.82) is 0 Å². The molecule has 2 heterocycles. The number of benzene rings is 1. The molecule has 2 amide bonds. The fourth-order valence-corrected chi connectivity index (χ4v) is 5.71. The Morgan fingerprint density at radius 2 is 1.97 bits per heavy atom. The van der Waals surface area contributed by atoms with Gasteiger partial charge in [0.15, 0.2) is 0 Å². The maximum atomic E-state index is 13.4. The Morgan fingerprint density at radius 1 is 1.22 bits per heavy atom. The summed E-state index contributed by atoms with van der Waals surface area (Å²) in [7, 11) is 0. The molecule has 32 heavy (non-hydrogen) atoms. The molecule has 1 aromatic heterocycles. The second kappa shape index (κ2) is 10.5. The first kappa shape index (κ1) is 22.9. The first-order valence-corrected chi connectivity index (χ1v) is 12.5. The first-order valence-electron chi connectivity index (χ1n) is 11.2.